The summed E-state index contributed by atoms with van der Waals surface area (Å²) in [5, 5.41) is 17.8. The molecule has 3 aromatic rings. The van der Waals surface area contributed by atoms with Crippen LogP contribution in [0, 0.1) is 11.3 Å². The molecule has 0 N–H and O–H groups in total. The van der Waals surface area contributed by atoms with Gasteiger partial charge in [0.2, 0.25) is 0 Å². The molecule has 0 saturated heterocycles. The summed E-state index contributed by atoms with van der Waals surface area (Å²) in [5.41, 5.74) is 5.25. The molecular weight excluding hydrogens is 306 g/mol. The number of rotatable bonds is 4. The normalized spacial score (nSPS) is 10.8. The van der Waals surface area contributed by atoms with E-state index in [0.29, 0.717) is 5.56 Å². The maximum atomic E-state index is 8.89. The van der Waals surface area contributed by atoms with Crippen molar-refractivity contribution in [3.8, 4) is 6.07 Å². The Kier molecular flexibility index (Phi) is 5.13. The highest BCUT2D eigenvalue weighted by molar-refractivity contribution is 6.13. The first-order chi connectivity index (χ1) is 12.3. The largest absolute Gasteiger partial charge is 0.192 e. The Morgan fingerprint density at radius 1 is 0.680 bits per heavy atom. The SMILES string of the molecule is CC(=NN=C(c1ccccc1)c1ccccc1)c1ccc(C#N)cc1. The summed E-state index contributed by atoms with van der Waals surface area (Å²) in [5.74, 6) is 0. The molecule has 0 saturated carbocycles. The zero-order valence-corrected chi connectivity index (χ0v) is 13.9. The minimum Gasteiger partial charge on any atom is -0.192 e. The molecule has 25 heavy (non-hydrogen) atoms. The van der Waals surface area contributed by atoms with E-state index in [9.17, 15) is 0 Å². The molecule has 0 spiro atoms. The van der Waals surface area contributed by atoms with Crippen LogP contribution in [0.3, 0.4) is 0 Å². The third-order valence-electron chi connectivity index (χ3n) is 3.83. The van der Waals surface area contributed by atoms with E-state index in [1.54, 1.807) is 12.1 Å². The first-order valence-electron chi connectivity index (χ1n) is 8.01. The fourth-order valence-corrected chi connectivity index (χ4v) is 2.44. The molecule has 0 amide bonds. The lowest BCUT2D eigenvalue weighted by molar-refractivity contribution is 1.22. The Bertz CT molecular complexity index is 891. The molecule has 0 aliphatic heterocycles. The summed E-state index contributed by atoms with van der Waals surface area (Å²) in [6, 6.07) is 29.5. The van der Waals surface area contributed by atoms with E-state index in [4.69, 9.17) is 5.26 Å². The van der Waals surface area contributed by atoms with Crippen molar-refractivity contribution in [3.63, 3.8) is 0 Å². The van der Waals surface area contributed by atoms with Gasteiger partial charge in [0.05, 0.1) is 17.3 Å². The van der Waals surface area contributed by atoms with Crippen LogP contribution in [-0.2, 0) is 0 Å². The number of nitriles is 1. The van der Waals surface area contributed by atoms with E-state index in [1.165, 1.54) is 0 Å². The first kappa shape index (κ1) is 16.4. The molecule has 0 aromatic heterocycles. The summed E-state index contributed by atoms with van der Waals surface area (Å²) in [6.45, 7) is 1.92. The number of nitrogens with zero attached hydrogens (tertiary/aromatic N) is 3. The molecule has 120 valence electrons. The lowest BCUT2D eigenvalue weighted by atomic mass is 10.0. The molecule has 0 fully saturated rings. The zero-order chi connectivity index (χ0) is 17.5. The standard InChI is InChI=1S/C22H17N3/c1-17(19-14-12-18(16-23)13-15-19)24-25-22(20-8-4-2-5-9-20)21-10-6-3-7-11-21/h2-15H,1H3. The van der Waals surface area contributed by atoms with Crippen LogP contribution in [0.25, 0.3) is 0 Å². The minimum atomic E-state index is 0.634. The molecule has 0 bridgehead atoms. The number of hydrogen-bond donors (Lipinski definition) is 0. The molecule has 0 unspecified atom stereocenters. The van der Waals surface area contributed by atoms with Crippen LogP contribution < -0.4 is 0 Å². The zero-order valence-electron chi connectivity index (χ0n) is 13.9. The Morgan fingerprint density at radius 2 is 1.20 bits per heavy atom. The van der Waals surface area contributed by atoms with Gasteiger partial charge in [-0.25, -0.2) is 0 Å². The molecule has 3 rings (SSSR count). The third-order valence-corrected chi connectivity index (χ3v) is 3.83. The summed E-state index contributed by atoms with van der Waals surface area (Å²) in [7, 11) is 0. The van der Waals surface area contributed by atoms with Gasteiger partial charge in [0.15, 0.2) is 0 Å². The fraction of sp³-hybridized carbons (Fsp3) is 0.0455. The van der Waals surface area contributed by atoms with Crippen LogP contribution in [0.1, 0.15) is 29.2 Å². The Hall–Kier alpha value is -3.51. The summed E-state index contributed by atoms with van der Waals surface area (Å²) >= 11 is 0. The second-order valence-corrected chi connectivity index (χ2v) is 5.56. The van der Waals surface area contributed by atoms with E-state index in [-0.39, 0.29) is 0 Å². The van der Waals surface area contributed by atoms with E-state index >= 15 is 0 Å². The summed E-state index contributed by atoms with van der Waals surface area (Å²) in [6.07, 6.45) is 0. The Labute approximate surface area is 147 Å². The Morgan fingerprint density at radius 3 is 1.68 bits per heavy atom. The van der Waals surface area contributed by atoms with E-state index in [2.05, 4.69) is 16.3 Å². The van der Waals surface area contributed by atoms with Crippen molar-refractivity contribution in [1.82, 2.24) is 0 Å². The second-order valence-electron chi connectivity index (χ2n) is 5.56. The van der Waals surface area contributed by atoms with Crippen LogP contribution in [0.15, 0.2) is 95.1 Å². The van der Waals surface area contributed by atoms with E-state index in [0.717, 1.165) is 28.1 Å². The molecule has 0 radical (unpaired) electrons. The average Bonchev–Trinajstić information content (AvgIpc) is 2.70. The van der Waals surface area contributed by atoms with Gasteiger partial charge in [0, 0.05) is 11.1 Å². The van der Waals surface area contributed by atoms with Crippen LogP contribution in [0.2, 0.25) is 0 Å². The maximum absolute atomic E-state index is 8.89. The van der Waals surface area contributed by atoms with Crippen molar-refractivity contribution in [1.29, 1.82) is 5.26 Å². The van der Waals surface area contributed by atoms with Crippen molar-refractivity contribution < 1.29 is 0 Å². The van der Waals surface area contributed by atoms with Gasteiger partial charge < -0.3 is 0 Å². The highest BCUT2D eigenvalue weighted by Crippen LogP contribution is 2.12. The van der Waals surface area contributed by atoms with E-state index in [1.807, 2.05) is 79.7 Å². The smallest absolute Gasteiger partial charge is 0.100 e. The van der Waals surface area contributed by atoms with Gasteiger partial charge in [-0.1, -0.05) is 72.8 Å². The first-order valence-corrected chi connectivity index (χ1v) is 8.01. The van der Waals surface area contributed by atoms with Crippen LogP contribution in [0.5, 0.6) is 0 Å². The predicted molar refractivity (Wildman–Crippen MR) is 102 cm³/mol. The molecule has 3 heteroatoms. The Balaban J connectivity index is 1.99. The van der Waals surface area contributed by atoms with Crippen molar-refractivity contribution in [2.24, 2.45) is 10.2 Å². The van der Waals surface area contributed by atoms with Gasteiger partial charge in [-0.3, -0.25) is 0 Å². The van der Waals surface area contributed by atoms with Crippen LogP contribution >= 0.6 is 0 Å². The fourth-order valence-electron chi connectivity index (χ4n) is 2.44. The van der Waals surface area contributed by atoms with Crippen LogP contribution in [-0.4, -0.2) is 11.4 Å². The average molecular weight is 323 g/mol. The van der Waals surface area contributed by atoms with Crippen molar-refractivity contribution in [3.05, 3.63) is 107 Å². The van der Waals surface area contributed by atoms with Crippen molar-refractivity contribution in [2.45, 2.75) is 6.92 Å². The van der Waals surface area contributed by atoms with Gasteiger partial charge in [-0.2, -0.15) is 10.4 Å². The second kappa shape index (κ2) is 7.85. The van der Waals surface area contributed by atoms with Gasteiger partial charge in [0.1, 0.15) is 5.71 Å². The number of benzene rings is 3. The number of hydrogen-bond acceptors (Lipinski definition) is 3. The molecular formula is C22H17N3. The summed E-state index contributed by atoms with van der Waals surface area (Å²) in [4.78, 5) is 0. The van der Waals surface area contributed by atoms with Gasteiger partial charge >= 0.3 is 0 Å². The lowest BCUT2D eigenvalue weighted by Crippen LogP contribution is -2.03. The highest BCUT2D eigenvalue weighted by atomic mass is 15.2. The third kappa shape index (κ3) is 4.07. The van der Waals surface area contributed by atoms with Crippen molar-refractivity contribution in [2.75, 3.05) is 0 Å². The van der Waals surface area contributed by atoms with Gasteiger partial charge in [-0.05, 0) is 24.6 Å². The molecule has 0 atom stereocenters. The highest BCUT2D eigenvalue weighted by Gasteiger charge is 2.06. The monoisotopic (exact) mass is 323 g/mol. The lowest BCUT2D eigenvalue weighted by Gasteiger charge is -2.06. The van der Waals surface area contributed by atoms with E-state index < -0.39 is 0 Å². The van der Waals surface area contributed by atoms with Crippen molar-refractivity contribution >= 4 is 11.4 Å². The summed E-state index contributed by atoms with van der Waals surface area (Å²) < 4.78 is 0. The molecule has 0 aliphatic rings. The van der Waals surface area contributed by atoms with Crippen LogP contribution in [0.4, 0.5) is 0 Å². The molecule has 0 heterocycles. The minimum absolute atomic E-state index is 0.634. The van der Waals surface area contributed by atoms with Gasteiger partial charge in [0.25, 0.3) is 0 Å². The maximum Gasteiger partial charge on any atom is 0.100 e. The van der Waals surface area contributed by atoms with Gasteiger partial charge in [-0.15, -0.1) is 5.10 Å². The molecule has 3 nitrogen and oxygen atoms in total. The molecule has 3 aromatic carbocycles. The topological polar surface area (TPSA) is 48.5 Å². The molecule has 0 aliphatic carbocycles. The predicted octanol–water partition coefficient (Wildman–Crippen LogP) is 4.82. The quantitative estimate of drug-likeness (QED) is 0.501.